The lowest BCUT2D eigenvalue weighted by molar-refractivity contribution is -0.128. The minimum Gasteiger partial charge on any atom is -0.449 e. The van der Waals surface area contributed by atoms with Crippen molar-refractivity contribution in [3.8, 4) is 0 Å². The zero-order valence-corrected chi connectivity index (χ0v) is 18.2. The van der Waals surface area contributed by atoms with Crippen molar-refractivity contribution in [1.82, 2.24) is 5.32 Å². The molecule has 0 fully saturated rings. The predicted octanol–water partition coefficient (Wildman–Crippen LogP) is 3.01. The van der Waals surface area contributed by atoms with Gasteiger partial charge in [0.1, 0.15) is 0 Å². The lowest BCUT2D eigenvalue weighted by atomic mass is 10.1. The van der Waals surface area contributed by atoms with Gasteiger partial charge in [0, 0.05) is 7.05 Å². The Morgan fingerprint density at radius 1 is 0.966 bits per heavy atom. The fourth-order valence-electron chi connectivity index (χ4n) is 3.13. The highest BCUT2D eigenvalue weighted by molar-refractivity contribution is 7.92. The van der Waals surface area contributed by atoms with E-state index in [9.17, 15) is 18.0 Å². The van der Waals surface area contributed by atoms with E-state index < -0.39 is 28.0 Å². The number of esters is 1. The summed E-state index contributed by atoms with van der Waals surface area (Å²) in [7, 11) is -2.42. The maximum Gasteiger partial charge on any atom is 0.338 e. The van der Waals surface area contributed by atoms with Gasteiger partial charge in [-0.1, -0.05) is 23.8 Å². The van der Waals surface area contributed by atoms with Gasteiger partial charge in [0.25, 0.3) is 15.9 Å². The van der Waals surface area contributed by atoms with Crippen LogP contribution in [-0.2, 0) is 19.6 Å². The van der Waals surface area contributed by atoms with Crippen LogP contribution in [0.15, 0.2) is 35.2 Å². The summed E-state index contributed by atoms with van der Waals surface area (Å²) in [5.74, 6) is -1.15. The summed E-state index contributed by atoms with van der Waals surface area (Å²) in [4.78, 5) is 24.1. The van der Waals surface area contributed by atoms with Gasteiger partial charge in [-0.05, 0) is 63.4 Å². The number of aryl methyl sites for hydroxylation is 4. The average molecular weight is 419 g/mol. The number of carbonyl (C=O) groups is 2. The van der Waals surface area contributed by atoms with Gasteiger partial charge in [-0.3, -0.25) is 9.52 Å². The van der Waals surface area contributed by atoms with E-state index in [0.717, 1.165) is 5.56 Å². The molecular weight excluding hydrogens is 392 g/mol. The molecule has 0 aromatic heterocycles. The fraction of sp³-hybridized carbons (Fsp3) is 0.333. The molecule has 0 saturated carbocycles. The molecular formula is C21H26N2O5S. The Bertz CT molecular complexity index is 1040. The molecule has 0 saturated heterocycles. The van der Waals surface area contributed by atoms with Crippen LogP contribution in [0.4, 0.5) is 5.69 Å². The van der Waals surface area contributed by atoms with Crippen LogP contribution < -0.4 is 10.0 Å². The number of benzene rings is 2. The predicted molar refractivity (Wildman–Crippen MR) is 112 cm³/mol. The highest BCUT2D eigenvalue weighted by Gasteiger charge is 2.22. The van der Waals surface area contributed by atoms with E-state index in [-0.39, 0.29) is 16.1 Å². The average Bonchev–Trinajstić information content (AvgIpc) is 2.61. The molecule has 2 N–H and O–H groups in total. The molecule has 1 amide bonds. The standard InChI is InChI=1S/C21H26N2O5S/c1-12-9-14(3)19(15(4)10-12)29(26,27)23-18-11-17(8-7-13(18)2)21(25)28-16(5)20(24)22-6/h7-11,16,23H,1-6H3,(H,22,24)/t16-/m1/s1. The van der Waals surface area contributed by atoms with E-state index in [1.165, 1.54) is 26.1 Å². The molecule has 0 bridgehead atoms. The topological polar surface area (TPSA) is 102 Å². The number of ether oxygens (including phenoxy) is 1. The summed E-state index contributed by atoms with van der Waals surface area (Å²) >= 11 is 0. The first-order chi connectivity index (χ1) is 13.5. The van der Waals surface area contributed by atoms with Crippen LogP contribution in [0.1, 0.15) is 39.5 Å². The summed E-state index contributed by atoms with van der Waals surface area (Å²) < 4.78 is 33.7. The monoisotopic (exact) mass is 418 g/mol. The molecule has 0 radical (unpaired) electrons. The minimum atomic E-state index is -3.86. The number of nitrogens with one attached hydrogen (secondary N) is 2. The third-order valence-corrected chi connectivity index (χ3v) is 6.16. The molecule has 0 aliphatic carbocycles. The van der Waals surface area contributed by atoms with Crippen LogP contribution >= 0.6 is 0 Å². The highest BCUT2D eigenvalue weighted by Crippen LogP contribution is 2.26. The van der Waals surface area contributed by atoms with Crippen molar-refractivity contribution in [2.24, 2.45) is 0 Å². The van der Waals surface area contributed by atoms with Crippen molar-refractivity contribution in [2.45, 2.75) is 45.6 Å². The summed E-state index contributed by atoms with van der Waals surface area (Å²) in [6.45, 7) is 8.58. The second-order valence-corrected chi connectivity index (χ2v) is 8.64. The normalized spacial score (nSPS) is 12.2. The molecule has 0 aliphatic heterocycles. The lowest BCUT2D eigenvalue weighted by Gasteiger charge is -2.16. The van der Waals surface area contributed by atoms with Gasteiger partial charge in [-0.25, -0.2) is 13.2 Å². The van der Waals surface area contributed by atoms with Crippen molar-refractivity contribution in [2.75, 3.05) is 11.8 Å². The first kappa shape index (κ1) is 22.4. The van der Waals surface area contributed by atoms with E-state index in [4.69, 9.17) is 4.74 Å². The van der Waals surface area contributed by atoms with E-state index in [1.807, 2.05) is 19.1 Å². The molecule has 7 nitrogen and oxygen atoms in total. The van der Waals surface area contributed by atoms with Gasteiger partial charge in [0.2, 0.25) is 0 Å². The Morgan fingerprint density at radius 2 is 1.55 bits per heavy atom. The number of amides is 1. The van der Waals surface area contributed by atoms with Crippen molar-refractivity contribution in [3.05, 3.63) is 58.1 Å². The van der Waals surface area contributed by atoms with Gasteiger partial charge in [0.15, 0.2) is 6.10 Å². The van der Waals surface area contributed by atoms with Gasteiger partial charge >= 0.3 is 5.97 Å². The zero-order valence-electron chi connectivity index (χ0n) is 17.4. The van der Waals surface area contributed by atoms with E-state index >= 15 is 0 Å². The molecule has 2 aromatic carbocycles. The van der Waals surface area contributed by atoms with E-state index in [1.54, 1.807) is 26.8 Å². The quantitative estimate of drug-likeness (QED) is 0.702. The maximum absolute atomic E-state index is 13.0. The first-order valence-electron chi connectivity index (χ1n) is 9.10. The molecule has 8 heteroatoms. The molecule has 156 valence electrons. The van der Waals surface area contributed by atoms with Crippen LogP contribution in [0.2, 0.25) is 0 Å². The van der Waals surface area contributed by atoms with Gasteiger partial charge in [-0.15, -0.1) is 0 Å². The van der Waals surface area contributed by atoms with E-state index in [2.05, 4.69) is 10.0 Å². The van der Waals surface area contributed by atoms with Gasteiger partial charge in [0.05, 0.1) is 16.1 Å². The van der Waals surface area contributed by atoms with Crippen molar-refractivity contribution in [1.29, 1.82) is 0 Å². The number of carbonyl (C=O) groups excluding carboxylic acids is 2. The van der Waals surface area contributed by atoms with Crippen molar-refractivity contribution >= 4 is 27.6 Å². The van der Waals surface area contributed by atoms with Crippen LogP contribution in [0.25, 0.3) is 0 Å². The summed E-state index contributed by atoms with van der Waals surface area (Å²) in [6, 6.07) is 8.16. The molecule has 1 atom stereocenters. The Kier molecular flexibility index (Phi) is 6.69. The largest absolute Gasteiger partial charge is 0.449 e. The van der Waals surface area contributed by atoms with Crippen LogP contribution in [-0.4, -0.2) is 33.4 Å². The van der Waals surface area contributed by atoms with Gasteiger partial charge < -0.3 is 10.1 Å². The Balaban J connectivity index is 2.36. The van der Waals surface area contributed by atoms with Crippen molar-refractivity contribution < 1.29 is 22.7 Å². The summed E-state index contributed by atoms with van der Waals surface area (Å²) in [6.07, 6.45) is -0.966. The number of rotatable bonds is 6. The minimum absolute atomic E-state index is 0.140. The number of likely N-dealkylation sites (N-methyl/N-ethyl adjacent to an activating group) is 1. The van der Waals surface area contributed by atoms with Crippen molar-refractivity contribution in [3.63, 3.8) is 0 Å². The summed E-state index contributed by atoms with van der Waals surface area (Å²) in [5, 5.41) is 2.40. The van der Waals surface area contributed by atoms with Crippen LogP contribution in [0, 0.1) is 27.7 Å². The SMILES string of the molecule is CNC(=O)[C@@H](C)OC(=O)c1ccc(C)c(NS(=O)(=O)c2c(C)cc(C)cc2C)c1. The second-order valence-electron chi connectivity index (χ2n) is 7.02. The Hall–Kier alpha value is -2.87. The second kappa shape index (κ2) is 8.65. The van der Waals surface area contributed by atoms with Crippen LogP contribution in [0.3, 0.4) is 0 Å². The third-order valence-electron chi connectivity index (χ3n) is 4.49. The molecule has 0 unspecified atom stereocenters. The fourth-order valence-corrected chi connectivity index (χ4v) is 4.71. The van der Waals surface area contributed by atoms with Crippen LogP contribution in [0.5, 0.6) is 0 Å². The molecule has 0 heterocycles. The van der Waals surface area contributed by atoms with Gasteiger partial charge in [-0.2, -0.15) is 0 Å². The van der Waals surface area contributed by atoms with E-state index in [0.29, 0.717) is 16.7 Å². The molecule has 2 rings (SSSR count). The number of hydrogen-bond acceptors (Lipinski definition) is 5. The molecule has 2 aromatic rings. The Labute approximate surface area is 171 Å². The third kappa shape index (κ3) is 5.14. The zero-order chi connectivity index (χ0) is 21.9. The molecule has 0 aliphatic rings. The number of anilines is 1. The molecule has 0 spiro atoms. The molecule has 29 heavy (non-hydrogen) atoms. The summed E-state index contributed by atoms with van der Waals surface area (Å²) in [5.41, 5.74) is 3.31. The number of sulfonamides is 1. The first-order valence-corrected chi connectivity index (χ1v) is 10.6. The maximum atomic E-state index is 13.0. The lowest BCUT2D eigenvalue weighted by Crippen LogP contribution is -2.33. The number of hydrogen-bond donors (Lipinski definition) is 2. The highest BCUT2D eigenvalue weighted by atomic mass is 32.2. The Morgan fingerprint density at radius 3 is 2.10 bits per heavy atom. The smallest absolute Gasteiger partial charge is 0.338 e.